The Morgan fingerprint density at radius 2 is 1.46 bits per heavy atom. The minimum Gasteiger partial charge on any atom is -0.343 e. The first-order chi connectivity index (χ1) is 11.3. The highest BCUT2D eigenvalue weighted by atomic mass is 19.2. The van der Waals surface area contributed by atoms with Gasteiger partial charge in [-0.2, -0.15) is 0 Å². The molecule has 0 aliphatic carbocycles. The van der Waals surface area contributed by atoms with Gasteiger partial charge in [0.2, 0.25) is 5.91 Å². The van der Waals surface area contributed by atoms with Crippen molar-refractivity contribution >= 4 is 17.5 Å². The van der Waals surface area contributed by atoms with Gasteiger partial charge < -0.3 is 10.6 Å². The molecule has 0 saturated heterocycles. The summed E-state index contributed by atoms with van der Waals surface area (Å²) < 4.78 is 65.9. The predicted octanol–water partition coefficient (Wildman–Crippen LogP) is 2.75. The average Bonchev–Trinajstić information content (AvgIpc) is 2.53. The molecule has 2 N–H and O–H groups in total. The number of amides is 2. The lowest BCUT2D eigenvalue weighted by atomic mass is 10.2. The lowest BCUT2D eigenvalue weighted by molar-refractivity contribution is -0.115. The van der Waals surface area contributed by atoms with Crippen molar-refractivity contribution in [1.29, 1.82) is 0 Å². The summed E-state index contributed by atoms with van der Waals surface area (Å²) in [7, 11) is 0. The van der Waals surface area contributed by atoms with Gasteiger partial charge in [0.25, 0.3) is 5.91 Å². The van der Waals surface area contributed by atoms with Crippen LogP contribution in [0.2, 0.25) is 0 Å². The maximum absolute atomic E-state index is 13.4. The smallest absolute Gasteiger partial charge is 0.257 e. The topological polar surface area (TPSA) is 58.2 Å². The second-order valence-corrected chi connectivity index (χ2v) is 4.55. The molecule has 0 aliphatic rings. The van der Waals surface area contributed by atoms with Crippen LogP contribution in [0.3, 0.4) is 0 Å². The van der Waals surface area contributed by atoms with E-state index in [1.54, 1.807) is 0 Å². The van der Waals surface area contributed by atoms with Crippen molar-refractivity contribution in [3.8, 4) is 0 Å². The molecule has 0 radical (unpaired) electrons. The van der Waals surface area contributed by atoms with E-state index in [4.69, 9.17) is 0 Å². The summed E-state index contributed by atoms with van der Waals surface area (Å²) in [6.45, 7) is -0.773. The number of carbonyl (C=O) groups is 2. The normalized spacial score (nSPS) is 10.4. The van der Waals surface area contributed by atoms with Crippen molar-refractivity contribution in [2.45, 2.75) is 0 Å². The molecular formula is C15H9F5N2O2. The van der Waals surface area contributed by atoms with Gasteiger partial charge in [-0.1, -0.05) is 6.07 Å². The number of nitrogens with one attached hydrogen (secondary N) is 2. The van der Waals surface area contributed by atoms with E-state index < -0.39 is 58.7 Å². The van der Waals surface area contributed by atoms with Gasteiger partial charge >= 0.3 is 0 Å². The fourth-order valence-corrected chi connectivity index (χ4v) is 1.78. The number of rotatable bonds is 4. The maximum atomic E-state index is 13.4. The molecule has 0 spiro atoms. The van der Waals surface area contributed by atoms with Crippen LogP contribution < -0.4 is 10.6 Å². The first-order valence-electron chi connectivity index (χ1n) is 6.46. The third kappa shape index (κ3) is 3.67. The molecule has 0 saturated carbocycles. The van der Waals surface area contributed by atoms with Gasteiger partial charge in [-0.25, -0.2) is 22.0 Å². The Kier molecular flexibility index (Phi) is 5.12. The zero-order chi connectivity index (χ0) is 17.9. The highest BCUT2D eigenvalue weighted by molar-refractivity contribution is 5.99. The summed E-state index contributed by atoms with van der Waals surface area (Å²) in [5.41, 5.74) is -1.53. The zero-order valence-electron chi connectivity index (χ0n) is 11.8. The largest absolute Gasteiger partial charge is 0.343 e. The van der Waals surface area contributed by atoms with E-state index in [0.717, 1.165) is 24.3 Å². The lowest BCUT2D eigenvalue weighted by Gasteiger charge is -2.09. The van der Waals surface area contributed by atoms with E-state index in [1.807, 2.05) is 10.6 Å². The molecular weight excluding hydrogens is 335 g/mol. The van der Waals surface area contributed by atoms with Crippen LogP contribution in [0.1, 0.15) is 10.4 Å². The highest BCUT2D eigenvalue weighted by Crippen LogP contribution is 2.19. The van der Waals surface area contributed by atoms with Crippen LogP contribution in [0.5, 0.6) is 0 Å². The van der Waals surface area contributed by atoms with Crippen LogP contribution >= 0.6 is 0 Å². The van der Waals surface area contributed by atoms with Crippen LogP contribution in [-0.2, 0) is 4.79 Å². The molecule has 2 rings (SSSR count). The molecule has 4 nitrogen and oxygen atoms in total. The van der Waals surface area contributed by atoms with E-state index >= 15 is 0 Å². The zero-order valence-corrected chi connectivity index (χ0v) is 11.8. The molecule has 126 valence electrons. The van der Waals surface area contributed by atoms with Crippen molar-refractivity contribution in [2.75, 3.05) is 11.9 Å². The molecule has 0 aliphatic heterocycles. The molecule has 2 aromatic rings. The molecule has 2 amide bonds. The Bertz CT molecular complexity index is 790. The van der Waals surface area contributed by atoms with E-state index in [-0.39, 0.29) is 0 Å². The van der Waals surface area contributed by atoms with Gasteiger partial charge in [-0.05, 0) is 24.3 Å². The van der Waals surface area contributed by atoms with Crippen LogP contribution in [0.25, 0.3) is 0 Å². The molecule has 0 heterocycles. The number of anilines is 1. The van der Waals surface area contributed by atoms with E-state index in [1.165, 1.54) is 0 Å². The number of carbonyl (C=O) groups excluding carboxylic acids is 2. The minimum absolute atomic E-state index is 0.599. The van der Waals surface area contributed by atoms with Crippen LogP contribution in [0.15, 0.2) is 30.3 Å². The molecule has 0 atom stereocenters. The minimum atomic E-state index is -1.77. The molecule has 2 aromatic carbocycles. The fraction of sp³-hybridized carbons (Fsp3) is 0.0667. The number of hydrogen-bond donors (Lipinski definition) is 2. The van der Waals surface area contributed by atoms with E-state index in [9.17, 15) is 31.5 Å². The Balaban J connectivity index is 2.01. The second kappa shape index (κ2) is 7.07. The third-order valence-electron chi connectivity index (χ3n) is 2.91. The second-order valence-electron chi connectivity index (χ2n) is 4.55. The molecule has 0 bridgehead atoms. The van der Waals surface area contributed by atoms with E-state index in [0.29, 0.717) is 6.07 Å². The van der Waals surface area contributed by atoms with Crippen LogP contribution in [0, 0.1) is 29.1 Å². The SMILES string of the molecule is O=C(CNC(=O)c1c(F)cccc1F)Nc1ccc(F)c(F)c1F. The first kappa shape index (κ1) is 17.4. The number of halogens is 5. The Morgan fingerprint density at radius 1 is 0.833 bits per heavy atom. The quantitative estimate of drug-likeness (QED) is 0.662. The molecule has 0 aromatic heterocycles. The summed E-state index contributed by atoms with van der Waals surface area (Å²) >= 11 is 0. The monoisotopic (exact) mass is 344 g/mol. The fourth-order valence-electron chi connectivity index (χ4n) is 1.78. The average molecular weight is 344 g/mol. The lowest BCUT2D eigenvalue weighted by Crippen LogP contribution is -2.34. The predicted molar refractivity (Wildman–Crippen MR) is 73.6 cm³/mol. The van der Waals surface area contributed by atoms with Gasteiger partial charge in [-0.15, -0.1) is 0 Å². The molecule has 0 fully saturated rings. The summed E-state index contributed by atoms with van der Waals surface area (Å²) in [5, 5.41) is 3.82. The summed E-state index contributed by atoms with van der Waals surface area (Å²) in [5.74, 6) is -9.29. The van der Waals surface area contributed by atoms with E-state index in [2.05, 4.69) is 0 Å². The standard InChI is InChI=1S/C15H9F5N2O2/c16-7-2-1-3-8(17)12(7)15(24)21-6-11(23)22-10-5-4-9(18)13(19)14(10)20/h1-5H,6H2,(H,21,24)(H,22,23). The third-order valence-corrected chi connectivity index (χ3v) is 2.91. The molecule has 0 unspecified atom stereocenters. The summed E-state index contributed by atoms with van der Waals surface area (Å²) in [6, 6.07) is 4.15. The Labute approximate surface area is 132 Å². The Hall–Kier alpha value is -2.97. The van der Waals surface area contributed by atoms with Crippen LogP contribution in [-0.4, -0.2) is 18.4 Å². The van der Waals surface area contributed by atoms with Gasteiger partial charge in [0, 0.05) is 0 Å². The number of hydrogen-bond acceptors (Lipinski definition) is 2. The first-order valence-corrected chi connectivity index (χ1v) is 6.46. The van der Waals surface area contributed by atoms with Gasteiger partial charge in [-0.3, -0.25) is 9.59 Å². The van der Waals surface area contributed by atoms with Gasteiger partial charge in [0.15, 0.2) is 17.5 Å². The van der Waals surface area contributed by atoms with Crippen molar-refractivity contribution in [3.63, 3.8) is 0 Å². The van der Waals surface area contributed by atoms with Crippen molar-refractivity contribution in [3.05, 3.63) is 65.0 Å². The molecule has 24 heavy (non-hydrogen) atoms. The molecule has 9 heteroatoms. The Morgan fingerprint density at radius 3 is 2.08 bits per heavy atom. The van der Waals surface area contributed by atoms with Crippen molar-refractivity contribution in [1.82, 2.24) is 5.32 Å². The maximum Gasteiger partial charge on any atom is 0.257 e. The number of benzene rings is 2. The van der Waals surface area contributed by atoms with Crippen molar-refractivity contribution < 1.29 is 31.5 Å². The van der Waals surface area contributed by atoms with Crippen molar-refractivity contribution in [2.24, 2.45) is 0 Å². The van der Waals surface area contributed by atoms with Crippen LogP contribution in [0.4, 0.5) is 27.6 Å². The summed E-state index contributed by atoms with van der Waals surface area (Å²) in [4.78, 5) is 23.2. The van der Waals surface area contributed by atoms with Gasteiger partial charge in [0.1, 0.15) is 17.2 Å². The summed E-state index contributed by atoms with van der Waals surface area (Å²) in [6.07, 6.45) is 0. The van der Waals surface area contributed by atoms with Gasteiger partial charge in [0.05, 0.1) is 12.2 Å². The highest BCUT2D eigenvalue weighted by Gasteiger charge is 2.19.